The molecule has 0 saturated heterocycles. The fourth-order valence-electron chi connectivity index (χ4n) is 1.20. The SMILES string of the molecule is O=S(=O)(Cl)c1ccc(Oc2ccccn2)cc1.O=S(=O)(O)Cl. The number of nitrogens with zero attached hydrogens (tertiary/aromatic N) is 1. The van der Waals surface area contributed by atoms with Gasteiger partial charge >= 0.3 is 9.33 Å². The molecule has 1 aromatic carbocycles. The molecule has 0 atom stereocenters. The molecule has 120 valence electrons. The summed E-state index contributed by atoms with van der Waals surface area (Å²) in [7, 11) is 1.36. The first-order valence-electron chi connectivity index (χ1n) is 5.36. The van der Waals surface area contributed by atoms with Gasteiger partial charge in [-0.15, -0.1) is 0 Å². The van der Waals surface area contributed by atoms with E-state index < -0.39 is 18.4 Å². The number of benzene rings is 1. The van der Waals surface area contributed by atoms with Crippen LogP contribution in [-0.4, -0.2) is 26.4 Å². The van der Waals surface area contributed by atoms with E-state index in [2.05, 4.69) is 15.7 Å². The Kier molecular flexibility index (Phi) is 6.57. The summed E-state index contributed by atoms with van der Waals surface area (Å²) in [6, 6.07) is 11.1. The van der Waals surface area contributed by atoms with Gasteiger partial charge in [-0.3, -0.25) is 4.55 Å². The molecule has 7 nitrogen and oxygen atoms in total. The highest BCUT2D eigenvalue weighted by Crippen LogP contribution is 2.22. The molecular weight excluding hydrogens is 377 g/mol. The number of hydrogen-bond donors (Lipinski definition) is 1. The van der Waals surface area contributed by atoms with Gasteiger partial charge < -0.3 is 4.74 Å². The summed E-state index contributed by atoms with van der Waals surface area (Å²) < 4.78 is 52.6. The van der Waals surface area contributed by atoms with E-state index in [-0.39, 0.29) is 4.90 Å². The minimum Gasteiger partial charge on any atom is -0.439 e. The molecule has 1 aromatic heterocycles. The van der Waals surface area contributed by atoms with E-state index in [1.807, 2.05) is 0 Å². The fraction of sp³-hybridized carbons (Fsp3) is 0. The molecule has 0 spiro atoms. The Morgan fingerprint density at radius 2 is 1.50 bits per heavy atom. The second-order valence-corrected chi connectivity index (χ2v) is 8.15. The normalized spacial score (nSPS) is 11.2. The lowest BCUT2D eigenvalue weighted by Crippen LogP contribution is -1.91. The van der Waals surface area contributed by atoms with Crippen molar-refractivity contribution in [2.24, 2.45) is 0 Å². The lowest BCUT2D eigenvalue weighted by molar-refractivity contribution is 0.462. The summed E-state index contributed by atoms with van der Waals surface area (Å²) in [5, 5.41) is 0. The van der Waals surface area contributed by atoms with Crippen LogP contribution in [0.3, 0.4) is 0 Å². The quantitative estimate of drug-likeness (QED) is 0.638. The molecule has 0 radical (unpaired) electrons. The molecule has 22 heavy (non-hydrogen) atoms. The minimum absolute atomic E-state index is 0.0348. The molecule has 0 aliphatic carbocycles. The van der Waals surface area contributed by atoms with Crippen LogP contribution in [0.5, 0.6) is 11.6 Å². The van der Waals surface area contributed by atoms with E-state index in [0.717, 1.165) is 0 Å². The van der Waals surface area contributed by atoms with Crippen LogP contribution in [0.1, 0.15) is 0 Å². The van der Waals surface area contributed by atoms with E-state index >= 15 is 0 Å². The maximum atomic E-state index is 11.0. The zero-order valence-corrected chi connectivity index (χ0v) is 13.8. The summed E-state index contributed by atoms with van der Waals surface area (Å²) in [4.78, 5) is 4.01. The van der Waals surface area contributed by atoms with Crippen molar-refractivity contribution in [3.05, 3.63) is 48.7 Å². The molecular formula is C11H9Cl2NO6S2. The lowest BCUT2D eigenvalue weighted by atomic mass is 10.3. The van der Waals surface area contributed by atoms with Gasteiger partial charge in [-0.1, -0.05) is 6.07 Å². The van der Waals surface area contributed by atoms with Crippen LogP contribution in [0.2, 0.25) is 0 Å². The van der Waals surface area contributed by atoms with Crippen molar-refractivity contribution >= 4 is 39.7 Å². The summed E-state index contributed by atoms with van der Waals surface area (Å²) in [5.41, 5.74) is 0. The summed E-state index contributed by atoms with van der Waals surface area (Å²) in [5.74, 6) is 0.932. The molecule has 0 amide bonds. The minimum atomic E-state index is -4.19. The largest absolute Gasteiger partial charge is 0.439 e. The van der Waals surface area contributed by atoms with Gasteiger partial charge in [0.25, 0.3) is 9.05 Å². The fourth-order valence-corrected chi connectivity index (χ4v) is 1.97. The third-order valence-electron chi connectivity index (χ3n) is 1.97. The molecule has 0 aliphatic rings. The van der Waals surface area contributed by atoms with Crippen molar-refractivity contribution < 1.29 is 26.1 Å². The van der Waals surface area contributed by atoms with Crippen LogP contribution in [0, 0.1) is 0 Å². The molecule has 11 heteroatoms. The molecule has 2 rings (SSSR count). The van der Waals surface area contributed by atoms with Crippen LogP contribution < -0.4 is 4.74 Å². The smallest absolute Gasteiger partial charge is 0.353 e. The molecule has 0 fully saturated rings. The number of hydrogen-bond acceptors (Lipinski definition) is 6. The monoisotopic (exact) mass is 385 g/mol. The molecule has 0 saturated carbocycles. The van der Waals surface area contributed by atoms with Gasteiger partial charge in [0, 0.05) is 33.6 Å². The summed E-state index contributed by atoms with van der Waals surface area (Å²) in [6.07, 6.45) is 1.60. The topological polar surface area (TPSA) is 111 Å². The maximum Gasteiger partial charge on any atom is 0.353 e. The average Bonchev–Trinajstić information content (AvgIpc) is 2.37. The van der Waals surface area contributed by atoms with Gasteiger partial charge in [0.2, 0.25) is 5.88 Å². The van der Waals surface area contributed by atoms with Gasteiger partial charge in [0.15, 0.2) is 0 Å². The van der Waals surface area contributed by atoms with Gasteiger partial charge in [0.1, 0.15) is 5.75 Å². The zero-order chi connectivity index (χ0) is 16.8. The van der Waals surface area contributed by atoms with Crippen molar-refractivity contribution in [2.45, 2.75) is 4.90 Å². The van der Waals surface area contributed by atoms with Crippen LogP contribution >= 0.6 is 21.4 Å². The van der Waals surface area contributed by atoms with E-state index in [4.69, 9.17) is 28.4 Å². The molecule has 0 bridgehead atoms. The van der Waals surface area contributed by atoms with E-state index in [0.29, 0.717) is 11.6 Å². The van der Waals surface area contributed by atoms with Crippen molar-refractivity contribution in [2.75, 3.05) is 0 Å². The van der Waals surface area contributed by atoms with E-state index in [1.54, 1.807) is 24.4 Å². The van der Waals surface area contributed by atoms with Crippen LogP contribution in [-0.2, 0) is 18.4 Å². The van der Waals surface area contributed by atoms with Crippen LogP contribution in [0.15, 0.2) is 53.6 Å². The predicted octanol–water partition coefficient (Wildman–Crippen LogP) is 2.83. The Labute approximate surface area is 136 Å². The average molecular weight is 386 g/mol. The third kappa shape index (κ3) is 8.15. The highest BCUT2D eigenvalue weighted by molar-refractivity contribution is 8.13. The van der Waals surface area contributed by atoms with Gasteiger partial charge in [-0.25, -0.2) is 13.4 Å². The number of ether oxygens (including phenoxy) is 1. The Bertz CT molecular complexity index is 799. The second kappa shape index (κ2) is 7.75. The zero-order valence-electron chi connectivity index (χ0n) is 10.6. The molecule has 1 N–H and O–H groups in total. The molecule has 0 unspecified atom stereocenters. The Hall–Kier alpha value is -1.39. The Morgan fingerprint density at radius 1 is 0.955 bits per heavy atom. The first kappa shape index (κ1) is 18.7. The van der Waals surface area contributed by atoms with E-state index in [9.17, 15) is 8.42 Å². The number of aromatic nitrogens is 1. The third-order valence-corrected chi connectivity index (χ3v) is 3.34. The number of halogens is 2. The first-order valence-corrected chi connectivity index (χ1v) is 9.94. The highest BCUT2D eigenvalue weighted by Gasteiger charge is 2.09. The molecule has 1 heterocycles. The lowest BCUT2D eigenvalue weighted by Gasteiger charge is -2.04. The van der Waals surface area contributed by atoms with Crippen LogP contribution in [0.25, 0.3) is 0 Å². The van der Waals surface area contributed by atoms with Crippen molar-refractivity contribution in [1.29, 1.82) is 0 Å². The number of pyridine rings is 1. The van der Waals surface area contributed by atoms with Crippen LogP contribution in [0.4, 0.5) is 0 Å². The number of rotatable bonds is 3. The van der Waals surface area contributed by atoms with Gasteiger partial charge in [-0.05, 0) is 30.3 Å². The van der Waals surface area contributed by atoms with Gasteiger partial charge in [-0.2, -0.15) is 8.42 Å². The van der Waals surface area contributed by atoms with Crippen molar-refractivity contribution in [3.63, 3.8) is 0 Å². The Morgan fingerprint density at radius 3 is 1.91 bits per heavy atom. The summed E-state index contributed by atoms with van der Waals surface area (Å²) >= 11 is 0. The maximum absolute atomic E-state index is 11.0. The summed E-state index contributed by atoms with van der Waals surface area (Å²) in [6.45, 7) is 0. The van der Waals surface area contributed by atoms with E-state index in [1.165, 1.54) is 24.3 Å². The molecule has 2 aromatic rings. The standard InChI is InChI=1S/C11H8ClNO3S.ClHO3S/c12-17(14,15)10-6-4-9(5-7-10)16-11-3-1-2-8-13-11;1-5(2,3)4/h1-8H;(H,2,3,4). The first-order chi connectivity index (χ1) is 10.1. The molecule has 0 aliphatic heterocycles. The van der Waals surface area contributed by atoms with Crippen molar-refractivity contribution in [3.8, 4) is 11.6 Å². The highest BCUT2D eigenvalue weighted by atomic mass is 35.7. The predicted molar refractivity (Wildman–Crippen MR) is 81.2 cm³/mol. The second-order valence-electron chi connectivity index (χ2n) is 3.59. The van der Waals surface area contributed by atoms with Crippen molar-refractivity contribution in [1.82, 2.24) is 4.98 Å². The van der Waals surface area contributed by atoms with Gasteiger partial charge in [0.05, 0.1) is 4.90 Å². The Balaban J connectivity index is 0.000000422.